The fourth-order valence-corrected chi connectivity index (χ4v) is 3.72. The Bertz CT molecular complexity index is 1080. The van der Waals surface area contributed by atoms with Gasteiger partial charge in [0.05, 0.1) is 12.6 Å². The number of nitrogens with one attached hydrogen (secondary N) is 2. The molecule has 0 bridgehead atoms. The maximum atomic E-state index is 12.9. The summed E-state index contributed by atoms with van der Waals surface area (Å²) in [6, 6.07) is 15.9. The van der Waals surface area contributed by atoms with Gasteiger partial charge in [-0.3, -0.25) is 9.59 Å². The van der Waals surface area contributed by atoms with E-state index in [4.69, 9.17) is 11.1 Å². The van der Waals surface area contributed by atoms with Crippen molar-refractivity contribution >= 4 is 29.4 Å². The number of likely N-dealkylation sites (tertiary alicyclic amines) is 1. The summed E-state index contributed by atoms with van der Waals surface area (Å²) in [7, 11) is 1.53. The second-order valence-corrected chi connectivity index (χ2v) is 7.79. The number of likely N-dealkylation sites (N-methyl/N-ethyl adjacent to an activating group) is 1. The molecule has 0 radical (unpaired) electrons. The summed E-state index contributed by atoms with van der Waals surface area (Å²) in [4.78, 5) is 28.5. The highest BCUT2D eigenvalue weighted by atomic mass is 16.2. The monoisotopic (exact) mass is 430 g/mol. The average Bonchev–Trinajstić information content (AvgIpc) is 3.24. The van der Waals surface area contributed by atoms with Gasteiger partial charge in [-0.25, -0.2) is 0 Å². The zero-order valence-electron chi connectivity index (χ0n) is 17.9. The number of nitrogens with two attached hydrogens (primary N) is 1. The highest BCUT2D eigenvalue weighted by molar-refractivity contribution is 5.98. The molecule has 0 aliphatic carbocycles. The average molecular weight is 431 g/mol. The first-order chi connectivity index (χ1) is 15.3. The van der Waals surface area contributed by atoms with Crippen LogP contribution >= 0.6 is 0 Å². The Balaban J connectivity index is 1.63. The van der Waals surface area contributed by atoms with Crippen LogP contribution in [0.1, 0.15) is 22.3 Å². The zero-order chi connectivity index (χ0) is 23.3. The molecule has 4 N–H and O–H groups in total. The minimum Gasteiger partial charge on any atom is -0.398 e. The molecule has 1 fully saturated rings. The molecule has 1 saturated heterocycles. The third kappa shape index (κ3) is 4.95. The number of para-hydroxylation sites is 1. The van der Waals surface area contributed by atoms with Gasteiger partial charge in [0.2, 0.25) is 5.91 Å². The number of anilines is 2. The number of carbonyl (C=O) groups is 2. The number of nitriles is 1. The van der Waals surface area contributed by atoms with Crippen molar-refractivity contribution in [3.63, 3.8) is 0 Å². The Morgan fingerprint density at radius 2 is 2.06 bits per heavy atom. The molecular formula is C24H26N6O2. The molecule has 0 saturated carbocycles. The van der Waals surface area contributed by atoms with E-state index < -0.39 is 6.04 Å². The number of hydrogen-bond acceptors (Lipinski definition) is 6. The van der Waals surface area contributed by atoms with E-state index in [-0.39, 0.29) is 24.3 Å². The van der Waals surface area contributed by atoms with Gasteiger partial charge in [-0.05, 0) is 30.7 Å². The Morgan fingerprint density at radius 3 is 2.69 bits per heavy atom. The second-order valence-electron chi connectivity index (χ2n) is 7.79. The summed E-state index contributed by atoms with van der Waals surface area (Å²) >= 11 is 0. The van der Waals surface area contributed by atoms with E-state index in [1.807, 2.05) is 30.3 Å². The van der Waals surface area contributed by atoms with Crippen molar-refractivity contribution < 1.29 is 9.59 Å². The molecule has 3 rings (SSSR count). The number of amides is 2. The fourth-order valence-electron chi connectivity index (χ4n) is 3.72. The molecule has 2 aromatic carbocycles. The van der Waals surface area contributed by atoms with Crippen LogP contribution in [0.2, 0.25) is 0 Å². The lowest BCUT2D eigenvalue weighted by Crippen LogP contribution is -2.43. The zero-order valence-corrected chi connectivity index (χ0v) is 17.9. The number of carbonyl (C=O) groups excluding carboxylic acids is 2. The first-order valence-electron chi connectivity index (χ1n) is 10.2. The number of benzene rings is 2. The lowest BCUT2D eigenvalue weighted by atomic mass is 10.0. The van der Waals surface area contributed by atoms with Gasteiger partial charge < -0.3 is 26.3 Å². The van der Waals surface area contributed by atoms with Crippen molar-refractivity contribution in [3.8, 4) is 6.07 Å². The first kappa shape index (κ1) is 22.6. The molecule has 1 aliphatic heterocycles. The highest BCUT2D eigenvalue weighted by Crippen LogP contribution is 2.29. The van der Waals surface area contributed by atoms with Gasteiger partial charge in [-0.2, -0.15) is 5.26 Å². The van der Waals surface area contributed by atoms with Crippen LogP contribution in [0.15, 0.2) is 60.8 Å². The van der Waals surface area contributed by atoms with E-state index in [1.165, 1.54) is 22.9 Å². The Labute approximate surface area is 187 Å². The lowest BCUT2D eigenvalue weighted by molar-refractivity contribution is -0.131. The maximum absolute atomic E-state index is 12.9. The molecule has 0 aromatic heterocycles. The molecule has 164 valence electrons. The van der Waals surface area contributed by atoms with Crippen molar-refractivity contribution in [1.29, 1.82) is 10.7 Å². The largest absolute Gasteiger partial charge is 0.398 e. The molecule has 2 amide bonds. The summed E-state index contributed by atoms with van der Waals surface area (Å²) in [5.41, 5.74) is 8.68. The van der Waals surface area contributed by atoms with Crippen LogP contribution in [0.4, 0.5) is 11.4 Å². The molecular weight excluding hydrogens is 404 g/mol. The summed E-state index contributed by atoms with van der Waals surface area (Å²) in [5, 5.41) is 20.1. The number of rotatable bonds is 7. The van der Waals surface area contributed by atoms with E-state index in [1.54, 1.807) is 12.1 Å². The first-order valence-corrected chi connectivity index (χ1v) is 10.2. The molecule has 32 heavy (non-hydrogen) atoms. The van der Waals surface area contributed by atoms with Gasteiger partial charge in [0.1, 0.15) is 6.04 Å². The third-order valence-corrected chi connectivity index (χ3v) is 5.55. The molecule has 2 aromatic rings. The van der Waals surface area contributed by atoms with Gasteiger partial charge >= 0.3 is 0 Å². The normalized spacial score (nSPS) is 17.3. The fraction of sp³-hybridized carbons (Fsp3) is 0.250. The number of nitrogens with zero attached hydrogens (tertiary/aromatic N) is 3. The molecule has 8 nitrogen and oxygen atoms in total. The Hall–Kier alpha value is -4.12. The maximum Gasteiger partial charge on any atom is 0.254 e. The van der Waals surface area contributed by atoms with Gasteiger partial charge in [0.15, 0.2) is 0 Å². The highest BCUT2D eigenvalue weighted by Gasteiger charge is 2.37. The van der Waals surface area contributed by atoms with E-state index in [0.717, 1.165) is 17.6 Å². The van der Waals surface area contributed by atoms with Crippen LogP contribution in [0.5, 0.6) is 0 Å². The molecule has 0 spiro atoms. The summed E-state index contributed by atoms with van der Waals surface area (Å²) in [6.07, 6.45) is 1.60. The van der Waals surface area contributed by atoms with Crippen LogP contribution in [-0.4, -0.2) is 54.0 Å². The molecule has 2 unspecified atom stereocenters. The summed E-state index contributed by atoms with van der Waals surface area (Å²) in [6.45, 7) is 4.30. The van der Waals surface area contributed by atoms with Gasteiger partial charge in [-0.1, -0.05) is 30.8 Å². The van der Waals surface area contributed by atoms with Crippen molar-refractivity contribution in [2.45, 2.75) is 12.5 Å². The van der Waals surface area contributed by atoms with Crippen molar-refractivity contribution in [3.05, 3.63) is 71.9 Å². The topological polar surface area (TPSA) is 126 Å². The molecule has 1 heterocycles. The standard InChI is InChI=1S/C24H26N6O2/c1-16(28-20-6-4-3-5-7-20)19-10-21(13-26)30(14-19)23(31)15-29(2)24(32)17-8-9-18(12-25)22(27)11-17/h3-9,11-12,19,21,25,28H,1,10,14-15,27H2,2H3. The van der Waals surface area contributed by atoms with E-state index in [0.29, 0.717) is 29.8 Å². The minimum atomic E-state index is -0.576. The molecule has 2 atom stereocenters. The predicted octanol–water partition coefficient (Wildman–Crippen LogP) is 2.70. The minimum absolute atomic E-state index is 0.0710. The van der Waals surface area contributed by atoms with Crippen LogP contribution in [0.3, 0.4) is 0 Å². The number of nitrogen functional groups attached to an aromatic ring is 1. The predicted molar refractivity (Wildman–Crippen MR) is 124 cm³/mol. The van der Waals surface area contributed by atoms with Gasteiger partial charge in [0, 0.05) is 53.9 Å². The van der Waals surface area contributed by atoms with Crippen LogP contribution in [0, 0.1) is 22.7 Å². The number of hydrogen-bond donors (Lipinski definition) is 3. The molecule has 1 aliphatic rings. The Morgan fingerprint density at radius 1 is 1.34 bits per heavy atom. The Kier molecular flexibility index (Phi) is 6.90. The molecule has 8 heteroatoms. The van der Waals surface area contributed by atoms with Crippen molar-refractivity contribution in [1.82, 2.24) is 9.80 Å². The van der Waals surface area contributed by atoms with Crippen molar-refractivity contribution in [2.75, 3.05) is 31.2 Å². The third-order valence-electron chi connectivity index (χ3n) is 5.55. The van der Waals surface area contributed by atoms with E-state index in [2.05, 4.69) is 18.0 Å². The second kappa shape index (κ2) is 9.79. The quantitative estimate of drug-likeness (QED) is 0.460. The lowest BCUT2D eigenvalue weighted by Gasteiger charge is -2.24. The van der Waals surface area contributed by atoms with Gasteiger partial charge in [-0.15, -0.1) is 0 Å². The van der Waals surface area contributed by atoms with Crippen molar-refractivity contribution in [2.24, 2.45) is 5.92 Å². The summed E-state index contributed by atoms with van der Waals surface area (Å²) < 4.78 is 0. The smallest absolute Gasteiger partial charge is 0.254 e. The van der Waals surface area contributed by atoms with Crippen LogP contribution in [0.25, 0.3) is 0 Å². The van der Waals surface area contributed by atoms with E-state index in [9.17, 15) is 14.9 Å². The van der Waals surface area contributed by atoms with E-state index >= 15 is 0 Å². The SMILES string of the molecule is C=C(Nc1ccccc1)C1CC(C#N)N(C(=O)CN(C)C(=O)c2ccc(C=N)c(N)c2)C1. The van der Waals surface area contributed by atoms with Crippen LogP contribution in [-0.2, 0) is 4.79 Å². The van der Waals surface area contributed by atoms with Gasteiger partial charge in [0.25, 0.3) is 5.91 Å². The summed E-state index contributed by atoms with van der Waals surface area (Å²) in [5.74, 6) is -0.731. The van der Waals surface area contributed by atoms with Crippen LogP contribution < -0.4 is 11.1 Å².